The maximum Gasteiger partial charge on any atom is 0.418 e. The fourth-order valence-corrected chi connectivity index (χ4v) is 3.11. The van der Waals surface area contributed by atoms with Crippen LogP contribution in [0.1, 0.15) is 11.1 Å². The Morgan fingerprint density at radius 1 is 1.00 bits per heavy atom. The molecular weight excluding hydrogens is 456 g/mol. The van der Waals surface area contributed by atoms with E-state index in [2.05, 4.69) is 4.99 Å². The number of hydrogen-bond donors (Lipinski definition) is 1. The minimum atomic E-state index is -4.86. The number of anilines is 2. The van der Waals surface area contributed by atoms with E-state index in [1.54, 1.807) is 6.07 Å². The molecule has 1 heterocycles. The summed E-state index contributed by atoms with van der Waals surface area (Å²) in [6.07, 6.45) is -9.65. The lowest BCUT2D eigenvalue weighted by molar-refractivity contribution is -0.137. The number of hydrogen-bond acceptors (Lipinski definition) is 3. The zero-order valence-corrected chi connectivity index (χ0v) is 16.4. The summed E-state index contributed by atoms with van der Waals surface area (Å²) in [7, 11) is 0. The van der Waals surface area contributed by atoms with Gasteiger partial charge in [0.15, 0.2) is 0 Å². The van der Waals surface area contributed by atoms with Gasteiger partial charge in [0, 0.05) is 0 Å². The summed E-state index contributed by atoms with van der Waals surface area (Å²) in [5, 5.41) is 10.8. The SMILES string of the molecule is N#CCN1C/C(=N\C(=O)Nc2ccccc2C(F)(F)F)N(c2ccccc2C(F)(F)F)C1=O. The van der Waals surface area contributed by atoms with Crippen molar-refractivity contribution in [1.82, 2.24) is 4.90 Å². The van der Waals surface area contributed by atoms with Crippen LogP contribution in [0.4, 0.5) is 47.3 Å². The Morgan fingerprint density at radius 2 is 1.58 bits per heavy atom. The fourth-order valence-electron chi connectivity index (χ4n) is 3.11. The molecule has 1 N–H and O–H groups in total. The van der Waals surface area contributed by atoms with Gasteiger partial charge in [0.25, 0.3) is 0 Å². The predicted molar refractivity (Wildman–Crippen MR) is 104 cm³/mol. The highest BCUT2D eigenvalue weighted by Gasteiger charge is 2.42. The molecule has 1 aliphatic heterocycles. The fraction of sp³-hybridized carbons (Fsp3) is 0.200. The molecule has 0 atom stereocenters. The first-order valence-corrected chi connectivity index (χ1v) is 9.10. The Morgan fingerprint density at radius 3 is 2.18 bits per heavy atom. The lowest BCUT2D eigenvalue weighted by Gasteiger charge is -2.21. The van der Waals surface area contributed by atoms with Gasteiger partial charge in [-0.05, 0) is 24.3 Å². The number of amides is 4. The Bertz CT molecular complexity index is 1150. The van der Waals surface area contributed by atoms with Crippen molar-refractivity contribution in [3.05, 3.63) is 59.7 Å². The first kappa shape index (κ1) is 23.6. The van der Waals surface area contributed by atoms with E-state index >= 15 is 0 Å². The highest BCUT2D eigenvalue weighted by molar-refractivity contribution is 6.24. The highest BCUT2D eigenvalue weighted by atomic mass is 19.4. The van der Waals surface area contributed by atoms with E-state index < -0.39 is 65.8 Å². The third-order valence-corrected chi connectivity index (χ3v) is 4.47. The van der Waals surface area contributed by atoms with Crippen LogP contribution in [0.15, 0.2) is 53.5 Å². The second kappa shape index (κ2) is 8.81. The minimum Gasteiger partial charge on any atom is -0.305 e. The predicted octanol–water partition coefficient (Wildman–Crippen LogP) is 5.12. The standard InChI is InChI=1S/C20H13F6N5O2/c21-19(22,23)12-5-1-3-7-14(12)28-17(32)29-16-11-30(10-9-27)18(33)31(16)15-8-4-2-6-13(15)20(24,25)26/h1-8H,10-11H2,(H,28,32)/b29-16+. The second-order valence-corrected chi connectivity index (χ2v) is 6.65. The topological polar surface area (TPSA) is 88.8 Å². The molecule has 1 saturated heterocycles. The van der Waals surface area contributed by atoms with Gasteiger partial charge in [-0.15, -0.1) is 0 Å². The van der Waals surface area contributed by atoms with Crippen molar-refractivity contribution in [2.45, 2.75) is 12.4 Å². The summed E-state index contributed by atoms with van der Waals surface area (Å²) in [6, 6.07) is 7.33. The lowest BCUT2D eigenvalue weighted by Crippen LogP contribution is -2.35. The minimum absolute atomic E-state index is 0.492. The van der Waals surface area contributed by atoms with Gasteiger partial charge < -0.3 is 10.2 Å². The van der Waals surface area contributed by atoms with Crippen LogP contribution in [-0.4, -0.2) is 35.9 Å². The van der Waals surface area contributed by atoms with E-state index in [9.17, 15) is 35.9 Å². The van der Waals surface area contributed by atoms with Gasteiger partial charge in [0.05, 0.1) is 35.1 Å². The molecule has 13 heteroatoms. The molecule has 0 unspecified atom stereocenters. The van der Waals surface area contributed by atoms with E-state index in [4.69, 9.17) is 5.26 Å². The van der Waals surface area contributed by atoms with Gasteiger partial charge >= 0.3 is 24.4 Å². The molecule has 7 nitrogen and oxygen atoms in total. The molecule has 2 aromatic carbocycles. The summed E-state index contributed by atoms with van der Waals surface area (Å²) in [4.78, 5) is 29.9. The van der Waals surface area contributed by atoms with Gasteiger partial charge in [-0.25, -0.2) is 14.5 Å². The Balaban J connectivity index is 2.01. The molecule has 2 aromatic rings. The number of aliphatic imine (C=N–C) groups is 1. The number of nitriles is 1. The number of amidine groups is 1. The monoisotopic (exact) mass is 469 g/mol. The Kier molecular flexibility index (Phi) is 6.30. The molecular formula is C20H13F6N5O2. The van der Waals surface area contributed by atoms with Crippen LogP contribution in [-0.2, 0) is 12.4 Å². The average Bonchev–Trinajstić information content (AvgIpc) is 3.01. The van der Waals surface area contributed by atoms with E-state index in [-0.39, 0.29) is 0 Å². The Hall–Kier alpha value is -4.08. The average molecular weight is 469 g/mol. The van der Waals surface area contributed by atoms with E-state index in [0.29, 0.717) is 11.0 Å². The summed E-state index contributed by atoms with van der Waals surface area (Å²) in [5.74, 6) is -0.492. The summed E-state index contributed by atoms with van der Waals surface area (Å²) >= 11 is 0. The number of halogens is 6. The normalized spacial score (nSPS) is 15.7. The molecule has 0 bridgehead atoms. The van der Waals surface area contributed by atoms with Crippen LogP contribution < -0.4 is 10.2 Å². The molecule has 0 spiro atoms. The summed E-state index contributed by atoms with van der Waals surface area (Å²) in [5.41, 5.74) is -3.63. The van der Waals surface area contributed by atoms with Crippen LogP contribution in [0.5, 0.6) is 0 Å². The van der Waals surface area contributed by atoms with Crippen LogP contribution in [0.2, 0.25) is 0 Å². The molecule has 1 aliphatic rings. The van der Waals surface area contributed by atoms with Crippen molar-refractivity contribution < 1.29 is 35.9 Å². The third-order valence-electron chi connectivity index (χ3n) is 4.47. The number of alkyl halides is 6. The van der Waals surface area contributed by atoms with Gasteiger partial charge in [0.1, 0.15) is 12.4 Å². The van der Waals surface area contributed by atoms with Crippen LogP contribution in [0, 0.1) is 11.3 Å². The number of rotatable bonds is 3. The number of para-hydroxylation sites is 2. The first-order valence-electron chi connectivity index (χ1n) is 9.10. The summed E-state index contributed by atoms with van der Waals surface area (Å²) in [6.45, 7) is -1.02. The van der Waals surface area contributed by atoms with Crippen molar-refractivity contribution in [3.63, 3.8) is 0 Å². The molecule has 33 heavy (non-hydrogen) atoms. The number of carbonyl (C=O) groups is 2. The van der Waals surface area contributed by atoms with Crippen LogP contribution in [0.25, 0.3) is 0 Å². The van der Waals surface area contributed by atoms with E-state index in [1.165, 1.54) is 12.1 Å². The van der Waals surface area contributed by atoms with Gasteiger partial charge in [-0.3, -0.25) is 0 Å². The first-order chi connectivity index (χ1) is 15.4. The van der Waals surface area contributed by atoms with Crippen molar-refractivity contribution in [1.29, 1.82) is 5.26 Å². The molecule has 0 radical (unpaired) electrons. The molecule has 3 rings (SSSR count). The summed E-state index contributed by atoms with van der Waals surface area (Å²) < 4.78 is 79.9. The number of urea groups is 2. The van der Waals surface area contributed by atoms with Crippen molar-refractivity contribution >= 4 is 29.3 Å². The van der Waals surface area contributed by atoms with Crippen molar-refractivity contribution in [3.8, 4) is 6.07 Å². The number of nitrogens with zero attached hydrogens (tertiary/aromatic N) is 4. The maximum atomic E-state index is 13.5. The number of carbonyl (C=O) groups excluding carboxylic acids is 2. The highest BCUT2D eigenvalue weighted by Crippen LogP contribution is 2.38. The third kappa shape index (κ3) is 5.05. The maximum absolute atomic E-state index is 13.5. The van der Waals surface area contributed by atoms with Crippen LogP contribution in [0.3, 0.4) is 0 Å². The van der Waals surface area contributed by atoms with Gasteiger partial charge in [0.2, 0.25) is 0 Å². The van der Waals surface area contributed by atoms with Crippen LogP contribution >= 0.6 is 0 Å². The number of nitrogens with one attached hydrogen (secondary N) is 1. The molecule has 0 aromatic heterocycles. The van der Waals surface area contributed by atoms with E-state index in [1.807, 2.05) is 5.32 Å². The van der Waals surface area contributed by atoms with Crippen molar-refractivity contribution in [2.75, 3.05) is 23.3 Å². The molecule has 4 amide bonds. The molecule has 1 fully saturated rings. The largest absolute Gasteiger partial charge is 0.418 e. The zero-order chi connectivity index (χ0) is 24.4. The quantitative estimate of drug-likeness (QED) is 0.500. The van der Waals surface area contributed by atoms with E-state index in [0.717, 1.165) is 35.2 Å². The molecule has 0 aliphatic carbocycles. The smallest absolute Gasteiger partial charge is 0.305 e. The second-order valence-electron chi connectivity index (χ2n) is 6.65. The molecule has 172 valence electrons. The zero-order valence-electron chi connectivity index (χ0n) is 16.4. The lowest BCUT2D eigenvalue weighted by atomic mass is 10.1. The van der Waals surface area contributed by atoms with Gasteiger partial charge in [-0.1, -0.05) is 24.3 Å². The molecule has 0 saturated carbocycles. The van der Waals surface area contributed by atoms with Gasteiger partial charge in [-0.2, -0.15) is 36.6 Å². The Labute approximate surface area is 182 Å². The number of benzene rings is 2. The van der Waals surface area contributed by atoms with Crippen molar-refractivity contribution in [2.24, 2.45) is 4.99 Å².